The normalized spacial score (nSPS) is 13.9. The first kappa shape index (κ1) is 19.9. The number of piperazine rings is 1. The third-order valence-corrected chi connectivity index (χ3v) is 5.58. The van der Waals surface area contributed by atoms with Crippen LogP contribution in [0, 0.1) is 25.2 Å². The van der Waals surface area contributed by atoms with Gasteiger partial charge in [-0.1, -0.05) is 35.0 Å². The number of amides is 1. The number of hydrogen-bond acceptors (Lipinski definition) is 6. The maximum Gasteiger partial charge on any atom is 0.259 e. The average Bonchev–Trinajstić information content (AvgIpc) is 3.14. The Labute approximate surface area is 179 Å². The number of aromatic nitrogens is 2. The highest BCUT2D eigenvalue weighted by Crippen LogP contribution is 2.32. The maximum atomic E-state index is 13.3. The zero-order valence-electron chi connectivity index (χ0n) is 16.7. The van der Waals surface area contributed by atoms with Crippen molar-refractivity contribution in [2.24, 2.45) is 0 Å². The second-order valence-corrected chi connectivity index (χ2v) is 7.60. The first-order valence-electron chi connectivity index (χ1n) is 9.61. The summed E-state index contributed by atoms with van der Waals surface area (Å²) in [7, 11) is 0. The Morgan fingerprint density at radius 2 is 1.93 bits per heavy atom. The van der Waals surface area contributed by atoms with Crippen molar-refractivity contribution in [2.75, 3.05) is 31.1 Å². The zero-order chi connectivity index (χ0) is 21.3. The van der Waals surface area contributed by atoms with Crippen LogP contribution in [0.5, 0.6) is 0 Å². The molecule has 0 atom stereocenters. The molecule has 0 radical (unpaired) electrons. The quantitative estimate of drug-likeness (QED) is 0.638. The number of carbonyl (C=O) groups excluding carboxylic acids is 1. The second-order valence-electron chi connectivity index (χ2n) is 7.20. The molecule has 1 amide bonds. The zero-order valence-corrected chi connectivity index (χ0v) is 17.5. The van der Waals surface area contributed by atoms with Crippen LogP contribution in [-0.4, -0.2) is 47.1 Å². The van der Waals surface area contributed by atoms with Gasteiger partial charge in [0.2, 0.25) is 0 Å². The van der Waals surface area contributed by atoms with Gasteiger partial charge in [0, 0.05) is 37.9 Å². The monoisotopic (exact) mass is 421 g/mol. The fourth-order valence-corrected chi connectivity index (χ4v) is 3.93. The van der Waals surface area contributed by atoms with Gasteiger partial charge in [-0.25, -0.2) is 4.98 Å². The largest absolute Gasteiger partial charge is 0.360 e. The first-order chi connectivity index (χ1) is 14.5. The fourth-order valence-electron chi connectivity index (χ4n) is 3.70. The predicted octanol–water partition coefficient (Wildman–Crippen LogP) is 3.84. The second kappa shape index (κ2) is 8.17. The minimum Gasteiger partial charge on any atom is -0.360 e. The Morgan fingerprint density at radius 3 is 2.60 bits per heavy atom. The summed E-state index contributed by atoms with van der Waals surface area (Å²) in [4.78, 5) is 21.7. The molecule has 4 rings (SSSR count). The molecular weight excluding hydrogens is 402 g/mol. The number of pyridine rings is 1. The van der Waals surface area contributed by atoms with Crippen molar-refractivity contribution in [2.45, 2.75) is 13.8 Å². The van der Waals surface area contributed by atoms with Crippen molar-refractivity contribution in [3.8, 4) is 17.3 Å². The molecule has 0 spiro atoms. The number of halogens is 1. The summed E-state index contributed by atoms with van der Waals surface area (Å²) in [5.74, 6) is 1.20. The first-order valence-corrected chi connectivity index (χ1v) is 9.99. The van der Waals surface area contributed by atoms with Crippen molar-refractivity contribution >= 4 is 23.3 Å². The molecular formula is C22H20ClN5O2. The number of rotatable bonds is 3. The van der Waals surface area contributed by atoms with E-state index in [0.29, 0.717) is 59.3 Å². The summed E-state index contributed by atoms with van der Waals surface area (Å²) in [6, 6.07) is 11.2. The molecule has 1 saturated heterocycles. The van der Waals surface area contributed by atoms with Crippen LogP contribution >= 0.6 is 11.6 Å². The van der Waals surface area contributed by atoms with Gasteiger partial charge in [-0.05, 0) is 31.5 Å². The van der Waals surface area contributed by atoms with E-state index in [9.17, 15) is 4.79 Å². The van der Waals surface area contributed by atoms with Crippen LogP contribution in [0.2, 0.25) is 5.02 Å². The summed E-state index contributed by atoms with van der Waals surface area (Å²) in [5, 5.41) is 13.6. The van der Waals surface area contributed by atoms with Gasteiger partial charge in [-0.2, -0.15) is 5.26 Å². The Bertz CT molecular complexity index is 1140. The lowest BCUT2D eigenvalue weighted by Crippen LogP contribution is -2.49. The third-order valence-electron chi connectivity index (χ3n) is 5.25. The molecule has 0 saturated carbocycles. The van der Waals surface area contributed by atoms with Gasteiger partial charge in [-0.15, -0.1) is 0 Å². The van der Waals surface area contributed by atoms with E-state index in [0.717, 1.165) is 11.4 Å². The standard InChI is InChI=1S/C22H20ClN5O2/c1-14-11-16(12-24)13-25-21(14)27-7-9-28(10-8-27)22(29)19-15(2)30-26-20(19)17-5-3-4-6-18(17)23/h3-6,11,13H,7-10H2,1-2H3. The van der Waals surface area contributed by atoms with E-state index in [1.807, 2.05) is 31.2 Å². The summed E-state index contributed by atoms with van der Waals surface area (Å²) in [5.41, 5.74) is 3.08. The third kappa shape index (κ3) is 3.62. The van der Waals surface area contributed by atoms with Crippen LogP contribution in [0.4, 0.5) is 5.82 Å². The fraction of sp³-hybridized carbons (Fsp3) is 0.273. The summed E-state index contributed by atoms with van der Waals surface area (Å²) in [6.07, 6.45) is 1.58. The predicted molar refractivity (Wildman–Crippen MR) is 113 cm³/mol. The summed E-state index contributed by atoms with van der Waals surface area (Å²) < 4.78 is 5.34. The Kier molecular flexibility index (Phi) is 5.42. The number of anilines is 1. The van der Waals surface area contributed by atoms with Crippen molar-refractivity contribution < 1.29 is 9.32 Å². The lowest BCUT2D eigenvalue weighted by molar-refractivity contribution is 0.0745. The number of carbonyl (C=O) groups is 1. The van der Waals surface area contributed by atoms with Crippen LogP contribution in [0.15, 0.2) is 41.1 Å². The summed E-state index contributed by atoms with van der Waals surface area (Å²) >= 11 is 6.31. The van der Waals surface area contributed by atoms with Gasteiger partial charge < -0.3 is 14.3 Å². The number of benzene rings is 1. The Balaban J connectivity index is 1.53. The molecule has 7 nitrogen and oxygen atoms in total. The van der Waals surface area contributed by atoms with Crippen LogP contribution in [0.3, 0.4) is 0 Å². The molecule has 1 aromatic carbocycles. The molecule has 1 aliphatic rings. The van der Waals surface area contributed by atoms with E-state index in [1.165, 1.54) is 0 Å². The van der Waals surface area contributed by atoms with Crippen LogP contribution in [-0.2, 0) is 0 Å². The smallest absolute Gasteiger partial charge is 0.259 e. The molecule has 152 valence electrons. The van der Waals surface area contributed by atoms with E-state index >= 15 is 0 Å². The van der Waals surface area contributed by atoms with E-state index in [-0.39, 0.29) is 5.91 Å². The van der Waals surface area contributed by atoms with Crippen molar-refractivity contribution in [3.63, 3.8) is 0 Å². The van der Waals surface area contributed by atoms with E-state index in [2.05, 4.69) is 21.1 Å². The molecule has 0 bridgehead atoms. The highest BCUT2D eigenvalue weighted by molar-refractivity contribution is 6.33. The van der Waals surface area contributed by atoms with Crippen molar-refractivity contribution in [1.82, 2.24) is 15.0 Å². The minimum atomic E-state index is -0.118. The maximum absolute atomic E-state index is 13.3. The molecule has 0 unspecified atom stereocenters. The molecule has 0 N–H and O–H groups in total. The molecule has 3 heterocycles. The van der Waals surface area contributed by atoms with Crippen LogP contribution in [0.1, 0.15) is 27.2 Å². The van der Waals surface area contributed by atoms with Gasteiger partial charge in [0.1, 0.15) is 28.9 Å². The van der Waals surface area contributed by atoms with Gasteiger partial charge in [0.15, 0.2) is 0 Å². The molecule has 1 aliphatic heterocycles. The lowest BCUT2D eigenvalue weighted by atomic mass is 10.0. The van der Waals surface area contributed by atoms with E-state index in [1.54, 1.807) is 24.1 Å². The van der Waals surface area contributed by atoms with E-state index in [4.69, 9.17) is 21.4 Å². The summed E-state index contributed by atoms with van der Waals surface area (Å²) in [6.45, 7) is 6.07. The van der Waals surface area contributed by atoms with Gasteiger partial charge >= 0.3 is 0 Å². The van der Waals surface area contributed by atoms with Crippen molar-refractivity contribution in [3.05, 3.63) is 64.0 Å². The SMILES string of the molecule is Cc1cc(C#N)cnc1N1CCN(C(=O)c2c(-c3ccccc3Cl)noc2C)CC1. The highest BCUT2D eigenvalue weighted by Gasteiger charge is 2.29. The molecule has 2 aromatic heterocycles. The Hall–Kier alpha value is -3.37. The highest BCUT2D eigenvalue weighted by atomic mass is 35.5. The number of aryl methyl sites for hydroxylation is 2. The topological polar surface area (TPSA) is 86.3 Å². The van der Waals surface area contributed by atoms with Gasteiger partial charge in [0.25, 0.3) is 5.91 Å². The minimum absolute atomic E-state index is 0.118. The molecule has 30 heavy (non-hydrogen) atoms. The number of nitriles is 1. The molecule has 1 fully saturated rings. The van der Waals surface area contributed by atoms with Gasteiger partial charge in [0.05, 0.1) is 10.6 Å². The van der Waals surface area contributed by atoms with Crippen molar-refractivity contribution in [1.29, 1.82) is 5.26 Å². The average molecular weight is 422 g/mol. The molecule has 8 heteroatoms. The molecule has 0 aliphatic carbocycles. The van der Waals surface area contributed by atoms with E-state index < -0.39 is 0 Å². The number of nitrogens with zero attached hydrogens (tertiary/aromatic N) is 5. The Morgan fingerprint density at radius 1 is 1.20 bits per heavy atom. The lowest BCUT2D eigenvalue weighted by Gasteiger charge is -2.36. The number of hydrogen-bond donors (Lipinski definition) is 0. The van der Waals surface area contributed by atoms with Crippen LogP contribution < -0.4 is 4.90 Å². The van der Waals surface area contributed by atoms with Gasteiger partial charge in [-0.3, -0.25) is 4.79 Å². The van der Waals surface area contributed by atoms with Crippen LogP contribution in [0.25, 0.3) is 11.3 Å². The molecule has 3 aromatic rings.